The molecule has 0 spiro atoms. The van der Waals surface area contributed by atoms with Gasteiger partial charge in [-0.05, 0) is 30.3 Å². The molecule has 7 heteroatoms. The standard InChI is InChI=1S/C13H9Cl2F3N2/c14-9-5-11(19)12(6-10(9)15)20-8-3-1-2-7(4-8)13(16,17)18/h1-6,20H,19H2. The molecule has 0 aliphatic carbocycles. The van der Waals surface area contributed by atoms with Crippen LogP contribution in [0.15, 0.2) is 36.4 Å². The van der Waals surface area contributed by atoms with Crippen molar-refractivity contribution < 1.29 is 13.2 Å². The van der Waals surface area contributed by atoms with Gasteiger partial charge in [0.25, 0.3) is 0 Å². The van der Waals surface area contributed by atoms with Crippen LogP contribution in [0.3, 0.4) is 0 Å². The van der Waals surface area contributed by atoms with Gasteiger partial charge in [0.1, 0.15) is 0 Å². The maximum atomic E-state index is 12.6. The van der Waals surface area contributed by atoms with Crippen LogP contribution in [0.5, 0.6) is 0 Å². The molecule has 0 fully saturated rings. The van der Waals surface area contributed by atoms with Crippen LogP contribution in [-0.4, -0.2) is 0 Å². The Kier molecular flexibility index (Phi) is 4.01. The highest BCUT2D eigenvalue weighted by Gasteiger charge is 2.30. The van der Waals surface area contributed by atoms with Gasteiger partial charge >= 0.3 is 6.18 Å². The second-order valence-corrected chi connectivity index (χ2v) is 4.87. The monoisotopic (exact) mass is 320 g/mol. The van der Waals surface area contributed by atoms with Crippen LogP contribution < -0.4 is 11.1 Å². The molecule has 2 rings (SSSR count). The Morgan fingerprint density at radius 1 is 1.00 bits per heavy atom. The molecule has 2 aromatic carbocycles. The van der Waals surface area contributed by atoms with Crippen LogP contribution >= 0.6 is 23.2 Å². The third-order valence-electron chi connectivity index (χ3n) is 2.56. The average molecular weight is 321 g/mol. The zero-order valence-corrected chi connectivity index (χ0v) is 11.4. The van der Waals surface area contributed by atoms with Crippen molar-refractivity contribution in [1.29, 1.82) is 0 Å². The summed E-state index contributed by atoms with van der Waals surface area (Å²) in [5.74, 6) is 0. The number of nitrogen functional groups attached to an aromatic ring is 1. The van der Waals surface area contributed by atoms with E-state index in [1.807, 2.05) is 0 Å². The first kappa shape index (κ1) is 14.8. The van der Waals surface area contributed by atoms with Gasteiger partial charge in [-0.1, -0.05) is 29.3 Å². The van der Waals surface area contributed by atoms with E-state index < -0.39 is 11.7 Å². The van der Waals surface area contributed by atoms with Crippen LogP contribution in [0, 0.1) is 0 Å². The van der Waals surface area contributed by atoms with E-state index in [1.165, 1.54) is 24.3 Å². The quantitative estimate of drug-likeness (QED) is 0.733. The lowest BCUT2D eigenvalue weighted by Gasteiger charge is -2.13. The van der Waals surface area contributed by atoms with Crippen LogP contribution in [0.4, 0.5) is 30.2 Å². The maximum absolute atomic E-state index is 12.6. The summed E-state index contributed by atoms with van der Waals surface area (Å²) in [5, 5.41) is 3.32. The number of nitrogens with two attached hydrogens (primary N) is 1. The number of alkyl halides is 3. The second-order valence-electron chi connectivity index (χ2n) is 4.06. The number of hydrogen-bond acceptors (Lipinski definition) is 2. The molecule has 0 bridgehead atoms. The average Bonchev–Trinajstić information content (AvgIpc) is 2.35. The molecule has 0 radical (unpaired) electrons. The number of anilines is 3. The Morgan fingerprint density at radius 3 is 2.30 bits per heavy atom. The summed E-state index contributed by atoms with van der Waals surface area (Å²) < 4.78 is 37.8. The molecular formula is C13H9Cl2F3N2. The van der Waals surface area contributed by atoms with E-state index in [4.69, 9.17) is 28.9 Å². The summed E-state index contributed by atoms with van der Waals surface area (Å²) in [6, 6.07) is 7.67. The van der Waals surface area contributed by atoms with Crippen molar-refractivity contribution in [3.8, 4) is 0 Å². The van der Waals surface area contributed by atoms with Crippen LogP contribution in [0.25, 0.3) is 0 Å². The molecule has 3 N–H and O–H groups in total. The Balaban J connectivity index is 2.33. The normalized spacial score (nSPS) is 11.4. The minimum Gasteiger partial charge on any atom is -0.397 e. The smallest absolute Gasteiger partial charge is 0.397 e. The summed E-state index contributed by atoms with van der Waals surface area (Å²) in [7, 11) is 0. The zero-order chi connectivity index (χ0) is 14.9. The predicted molar refractivity (Wildman–Crippen MR) is 75.6 cm³/mol. The molecular weight excluding hydrogens is 312 g/mol. The molecule has 2 nitrogen and oxygen atoms in total. The molecule has 0 aliphatic heterocycles. The second kappa shape index (κ2) is 5.42. The molecule has 0 amide bonds. The van der Waals surface area contributed by atoms with Gasteiger partial charge in [-0.15, -0.1) is 0 Å². The van der Waals surface area contributed by atoms with Crippen molar-refractivity contribution in [2.45, 2.75) is 6.18 Å². The van der Waals surface area contributed by atoms with E-state index in [2.05, 4.69) is 5.32 Å². The van der Waals surface area contributed by atoms with Gasteiger partial charge in [0, 0.05) is 5.69 Å². The van der Waals surface area contributed by atoms with E-state index in [1.54, 1.807) is 0 Å². The molecule has 20 heavy (non-hydrogen) atoms. The highest BCUT2D eigenvalue weighted by molar-refractivity contribution is 6.42. The molecule has 106 valence electrons. The number of halogens is 5. The van der Waals surface area contributed by atoms with E-state index in [0.29, 0.717) is 5.69 Å². The molecule has 0 unspecified atom stereocenters. The molecule has 0 aliphatic rings. The van der Waals surface area contributed by atoms with Crippen molar-refractivity contribution in [1.82, 2.24) is 0 Å². The maximum Gasteiger partial charge on any atom is 0.416 e. The SMILES string of the molecule is Nc1cc(Cl)c(Cl)cc1Nc1cccc(C(F)(F)F)c1. The van der Waals surface area contributed by atoms with Crippen molar-refractivity contribution in [3.63, 3.8) is 0 Å². The van der Waals surface area contributed by atoms with Crippen molar-refractivity contribution in [2.24, 2.45) is 0 Å². The van der Waals surface area contributed by atoms with Gasteiger partial charge in [-0.2, -0.15) is 13.2 Å². The fourth-order valence-electron chi connectivity index (χ4n) is 1.60. The van der Waals surface area contributed by atoms with E-state index >= 15 is 0 Å². The molecule has 0 saturated carbocycles. The predicted octanol–water partition coefficient (Wildman–Crippen LogP) is 5.34. The van der Waals surface area contributed by atoms with Crippen LogP contribution in [0.1, 0.15) is 5.56 Å². The molecule has 2 aromatic rings. The Hall–Kier alpha value is -1.59. The minimum atomic E-state index is -4.40. The number of hydrogen-bond donors (Lipinski definition) is 2. The van der Waals surface area contributed by atoms with E-state index in [9.17, 15) is 13.2 Å². The summed E-state index contributed by atoms with van der Waals surface area (Å²) in [6.45, 7) is 0. The number of rotatable bonds is 2. The molecule has 0 saturated heterocycles. The third-order valence-corrected chi connectivity index (χ3v) is 3.28. The Bertz CT molecular complexity index is 642. The van der Waals surface area contributed by atoms with Gasteiger partial charge in [-0.3, -0.25) is 0 Å². The van der Waals surface area contributed by atoms with E-state index in [0.717, 1.165) is 12.1 Å². The topological polar surface area (TPSA) is 38.0 Å². The Labute approximate surface area is 123 Å². The van der Waals surface area contributed by atoms with Crippen molar-refractivity contribution in [2.75, 3.05) is 11.1 Å². The fraction of sp³-hybridized carbons (Fsp3) is 0.0769. The first-order valence-corrected chi connectivity index (χ1v) is 6.22. The van der Waals surface area contributed by atoms with Crippen LogP contribution in [0.2, 0.25) is 10.0 Å². The highest BCUT2D eigenvalue weighted by Crippen LogP contribution is 2.34. The summed E-state index contributed by atoms with van der Waals surface area (Å²) in [5.41, 5.74) is 5.92. The van der Waals surface area contributed by atoms with E-state index in [-0.39, 0.29) is 21.4 Å². The number of benzene rings is 2. The summed E-state index contributed by atoms with van der Waals surface area (Å²) in [4.78, 5) is 0. The largest absolute Gasteiger partial charge is 0.416 e. The third kappa shape index (κ3) is 3.29. The minimum absolute atomic E-state index is 0.255. The zero-order valence-electron chi connectivity index (χ0n) is 9.93. The lowest BCUT2D eigenvalue weighted by Crippen LogP contribution is -2.05. The number of nitrogens with one attached hydrogen (secondary N) is 1. The lowest BCUT2D eigenvalue weighted by atomic mass is 10.2. The highest BCUT2D eigenvalue weighted by atomic mass is 35.5. The van der Waals surface area contributed by atoms with Crippen molar-refractivity contribution >= 4 is 40.3 Å². The molecule has 0 atom stereocenters. The van der Waals surface area contributed by atoms with Gasteiger partial charge in [0.15, 0.2) is 0 Å². The van der Waals surface area contributed by atoms with Crippen LogP contribution in [-0.2, 0) is 6.18 Å². The first-order chi connectivity index (χ1) is 9.27. The summed E-state index contributed by atoms with van der Waals surface area (Å²) in [6.07, 6.45) is -4.40. The Morgan fingerprint density at radius 2 is 1.65 bits per heavy atom. The lowest BCUT2D eigenvalue weighted by molar-refractivity contribution is -0.137. The van der Waals surface area contributed by atoms with Gasteiger partial charge in [-0.25, -0.2) is 0 Å². The fourth-order valence-corrected chi connectivity index (χ4v) is 1.94. The van der Waals surface area contributed by atoms with Crippen molar-refractivity contribution in [3.05, 3.63) is 52.0 Å². The molecule has 0 aromatic heterocycles. The first-order valence-electron chi connectivity index (χ1n) is 5.46. The molecule has 0 heterocycles. The van der Waals surface area contributed by atoms with Gasteiger partial charge in [0.05, 0.1) is 27.0 Å². The van der Waals surface area contributed by atoms with Gasteiger partial charge in [0.2, 0.25) is 0 Å². The summed E-state index contributed by atoms with van der Waals surface area (Å²) >= 11 is 11.6. The van der Waals surface area contributed by atoms with Gasteiger partial charge < -0.3 is 11.1 Å².